The van der Waals surface area contributed by atoms with E-state index in [-0.39, 0.29) is 63.0 Å². The molecule has 0 N–H and O–H groups in total. The van der Waals surface area contributed by atoms with Crippen LogP contribution in [0.4, 0.5) is 0 Å². The highest BCUT2D eigenvalue weighted by Gasteiger charge is 2.02. The van der Waals surface area contributed by atoms with Crippen molar-refractivity contribution >= 4 is 35.1 Å². The summed E-state index contributed by atoms with van der Waals surface area (Å²) in [6.07, 6.45) is 0.384. The molecule has 0 fully saturated rings. The van der Waals surface area contributed by atoms with Crippen LogP contribution in [-0.2, 0) is 23.8 Å². The topological polar surface area (TPSA) is 61.8 Å². The predicted molar refractivity (Wildman–Crippen MR) is 63.4 cm³/mol. The largest absolute Gasteiger partial charge is 0.463 e. The van der Waals surface area contributed by atoms with Crippen molar-refractivity contribution in [2.45, 2.75) is 12.8 Å². The van der Waals surface area contributed by atoms with E-state index in [1.807, 2.05) is 0 Å². The van der Waals surface area contributed by atoms with Crippen molar-refractivity contribution in [2.24, 2.45) is 0 Å². The lowest BCUT2D eigenvalue weighted by Gasteiger charge is -2.06. The summed E-state index contributed by atoms with van der Waals surface area (Å²) in [4.78, 5) is 21.7. The third kappa shape index (κ3) is 11.7. The standard InChI is InChI=1S/C10H16Cl2O5/c11-3-1-9(13)16-7-5-15-6-8-17-10(14)2-4-12/h1-8H2. The quantitative estimate of drug-likeness (QED) is 0.345. The Bertz CT molecular complexity index is 201. The molecule has 0 radical (unpaired) electrons. The zero-order valence-electron chi connectivity index (χ0n) is 9.45. The molecule has 0 aliphatic heterocycles. The van der Waals surface area contributed by atoms with E-state index in [4.69, 9.17) is 37.4 Å². The van der Waals surface area contributed by atoms with Crippen LogP contribution in [0.5, 0.6) is 0 Å². The molecular weight excluding hydrogens is 271 g/mol. The first-order valence-electron chi connectivity index (χ1n) is 5.21. The van der Waals surface area contributed by atoms with E-state index < -0.39 is 0 Å². The molecule has 0 aromatic heterocycles. The highest BCUT2D eigenvalue weighted by Crippen LogP contribution is 1.91. The monoisotopic (exact) mass is 286 g/mol. The fourth-order valence-corrected chi connectivity index (χ4v) is 1.14. The van der Waals surface area contributed by atoms with Crippen LogP contribution in [-0.4, -0.2) is 50.1 Å². The second-order valence-corrected chi connectivity index (χ2v) is 3.69. The van der Waals surface area contributed by atoms with Gasteiger partial charge in [0.05, 0.1) is 26.1 Å². The van der Waals surface area contributed by atoms with Crippen molar-refractivity contribution in [3.63, 3.8) is 0 Å². The maximum Gasteiger partial charge on any atom is 0.307 e. The van der Waals surface area contributed by atoms with Gasteiger partial charge in [-0.25, -0.2) is 0 Å². The minimum absolute atomic E-state index is 0.172. The van der Waals surface area contributed by atoms with E-state index in [1.165, 1.54) is 0 Å². The first kappa shape index (κ1) is 16.5. The van der Waals surface area contributed by atoms with Crippen molar-refractivity contribution in [3.05, 3.63) is 0 Å². The lowest BCUT2D eigenvalue weighted by atomic mass is 10.5. The molecule has 17 heavy (non-hydrogen) atoms. The maximum absolute atomic E-state index is 10.8. The Labute approximate surface area is 110 Å². The van der Waals surface area contributed by atoms with Crippen LogP contribution in [0.1, 0.15) is 12.8 Å². The molecular formula is C10H16Cl2O5. The van der Waals surface area contributed by atoms with Gasteiger partial charge in [-0.2, -0.15) is 0 Å². The summed E-state index contributed by atoms with van der Waals surface area (Å²) in [6, 6.07) is 0. The number of carbonyl (C=O) groups excluding carboxylic acids is 2. The summed E-state index contributed by atoms with van der Waals surface area (Å²) in [5.41, 5.74) is 0. The lowest BCUT2D eigenvalue weighted by molar-refractivity contribution is -0.146. The summed E-state index contributed by atoms with van der Waals surface area (Å²) in [5.74, 6) is -0.207. The van der Waals surface area contributed by atoms with Crippen LogP contribution in [0.2, 0.25) is 0 Å². The number of esters is 2. The number of rotatable bonds is 10. The SMILES string of the molecule is O=C(CCCl)OCCOCCOC(=O)CCCl. The molecule has 0 saturated carbocycles. The minimum atomic E-state index is -0.350. The lowest BCUT2D eigenvalue weighted by Crippen LogP contribution is -2.14. The second-order valence-electron chi connectivity index (χ2n) is 2.93. The van der Waals surface area contributed by atoms with Crippen molar-refractivity contribution in [3.8, 4) is 0 Å². The van der Waals surface area contributed by atoms with Gasteiger partial charge in [0.1, 0.15) is 13.2 Å². The first-order valence-corrected chi connectivity index (χ1v) is 6.28. The number of alkyl halides is 2. The second kappa shape index (κ2) is 12.0. The molecule has 0 aliphatic carbocycles. The molecule has 0 aromatic rings. The van der Waals surface area contributed by atoms with Gasteiger partial charge in [0, 0.05) is 11.8 Å². The van der Waals surface area contributed by atoms with Gasteiger partial charge < -0.3 is 14.2 Å². The van der Waals surface area contributed by atoms with Crippen molar-refractivity contribution < 1.29 is 23.8 Å². The molecule has 0 atom stereocenters. The molecule has 0 rings (SSSR count). The van der Waals surface area contributed by atoms with Crippen LogP contribution in [0.3, 0.4) is 0 Å². The van der Waals surface area contributed by atoms with Gasteiger partial charge in [0.15, 0.2) is 0 Å². The number of carbonyl (C=O) groups is 2. The Morgan fingerprint density at radius 2 is 1.18 bits per heavy atom. The molecule has 0 unspecified atom stereocenters. The molecule has 100 valence electrons. The third-order valence-electron chi connectivity index (χ3n) is 1.58. The molecule has 7 heteroatoms. The van der Waals surface area contributed by atoms with Crippen molar-refractivity contribution in [1.82, 2.24) is 0 Å². The summed E-state index contributed by atoms with van der Waals surface area (Å²) in [7, 11) is 0. The van der Waals surface area contributed by atoms with Crippen LogP contribution in [0.15, 0.2) is 0 Å². The molecule has 0 aliphatic rings. The molecule has 0 aromatic carbocycles. The van der Waals surface area contributed by atoms with Crippen LogP contribution in [0.25, 0.3) is 0 Å². The average molecular weight is 287 g/mol. The van der Waals surface area contributed by atoms with E-state index in [0.717, 1.165) is 0 Å². The van der Waals surface area contributed by atoms with Gasteiger partial charge in [-0.3, -0.25) is 9.59 Å². The summed E-state index contributed by atoms with van der Waals surface area (Å²) >= 11 is 10.7. The Morgan fingerprint density at radius 3 is 1.53 bits per heavy atom. The molecule has 5 nitrogen and oxygen atoms in total. The van der Waals surface area contributed by atoms with E-state index in [0.29, 0.717) is 0 Å². The zero-order valence-corrected chi connectivity index (χ0v) is 11.0. The fourth-order valence-electron chi connectivity index (χ4n) is 0.830. The van der Waals surface area contributed by atoms with Gasteiger partial charge in [-0.05, 0) is 0 Å². The smallest absolute Gasteiger partial charge is 0.307 e. The summed E-state index contributed by atoms with van der Waals surface area (Å²) in [6.45, 7) is 0.874. The van der Waals surface area contributed by atoms with Crippen LogP contribution >= 0.6 is 23.2 Å². The highest BCUT2D eigenvalue weighted by molar-refractivity contribution is 6.19. The van der Waals surface area contributed by atoms with Crippen molar-refractivity contribution in [2.75, 3.05) is 38.2 Å². The highest BCUT2D eigenvalue weighted by atomic mass is 35.5. The Morgan fingerprint density at radius 1 is 0.765 bits per heavy atom. The Kier molecular flexibility index (Phi) is 11.6. The minimum Gasteiger partial charge on any atom is -0.463 e. The molecule has 0 spiro atoms. The van der Waals surface area contributed by atoms with Crippen LogP contribution in [0, 0.1) is 0 Å². The number of halogens is 2. The molecule has 0 heterocycles. The number of hydrogen-bond donors (Lipinski definition) is 0. The Hall–Kier alpha value is -0.520. The van der Waals surface area contributed by atoms with Gasteiger partial charge in [-0.15, -0.1) is 23.2 Å². The molecule has 0 saturated heterocycles. The Balaban J connectivity index is 3.18. The normalized spacial score (nSPS) is 10.0. The number of hydrogen-bond acceptors (Lipinski definition) is 5. The fraction of sp³-hybridized carbons (Fsp3) is 0.800. The van der Waals surface area contributed by atoms with E-state index in [1.54, 1.807) is 0 Å². The van der Waals surface area contributed by atoms with Gasteiger partial charge in [-0.1, -0.05) is 0 Å². The summed E-state index contributed by atoms with van der Waals surface area (Å²) in [5, 5.41) is 0. The van der Waals surface area contributed by atoms with E-state index in [9.17, 15) is 9.59 Å². The van der Waals surface area contributed by atoms with Crippen molar-refractivity contribution in [1.29, 1.82) is 0 Å². The molecule has 0 amide bonds. The van der Waals surface area contributed by atoms with Gasteiger partial charge >= 0.3 is 11.9 Å². The summed E-state index contributed by atoms with van der Waals surface area (Å²) < 4.78 is 14.6. The maximum atomic E-state index is 10.8. The predicted octanol–water partition coefficient (Wildman–Crippen LogP) is 1.35. The van der Waals surface area contributed by atoms with Gasteiger partial charge in [0.2, 0.25) is 0 Å². The average Bonchev–Trinajstić information content (AvgIpc) is 2.28. The van der Waals surface area contributed by atoms with Gasteiger partial charge in [0.25, 0.3) is 0 Å². The zero-order chi connectivity index (χ0) is 12.9. The van der Waals surface area contributed by atoms with E-state index in [2.05, 4.69) is 0 Å². The van der Waals surface area contributed by atoms with Crippen LogP contribution < -0.4 is 0 Å². The third-order valence-corrected chi connectivity index (χ3v) is 1.96. The first-order chi connectivity index (χ1) is 8.20. The molecule has 0 bridgehead atoms. The number of ether oxygens (including phenoxy) is 3. The van der Waals surface area contributed by atoms with E-state index >= 15 is 0 Å².